The van der Waals surface area contributed by atoms with Gasteiger partial charge in [-0.05, 0) is 62.4 Å². The van der Waals surface area contributed by atoms with Gasteiger partial charge >= 0.3 is 0 Å². The van der Waals surface area contributed by atoms with Crippen LogP contribution in [0, 0.1) is 5.41 Å². The Morgan fingerprint density at radius 1 is 1.03 bits per heavy atom. The normalized spacial score (nSPS) is 19.4. The fourth-order valence-electron chi connectivity index (χ4n) is 5.01. The smallest absolute Gasteiger partial charge is 0.210 e. The molecule has 4 nitrogen and oxygen atoms in total. The summed E-state index contributed by atoms with van der Waals surface area (Å²) in [7, 11) is 1.80. The maximum atomic E-state index is 12.9. The van der Waals surface area contributed by atoms with Gasteiger partial charge in [-0.1, -0.05) is 43.0 Å². The summed E-state index contributed by atoms with van der Waals surface area (Å²) >= 11 is 6.18. The van der Waals surface area contributed by atoms with E-state index in [1.54, 1.807) is 48.1 Å². The lowest BCUT2D eigenvalue weighted by molar-refractivity contribution is 0.0611. The van der Waals surface area contributed by atoms with Gasteiger partial charge in [0.15, 0.2) is 5.78 Å². The van der Waals surface area contributed by atoms with E-state index in [9.17, 15) is 9.59 Å². The highest BCUT2D eigenvalue weighted by atomic mass is 35.5. The van der Waals surface area contributed by atoms with Gasteiger partial charge in [-0.15, -0.1) is 0 Å². The Hall–Kier alpha value is -1.91. The molecule has 1 aliphatic carbocycles. The first kappa shape index (κ1) is 20.4. The van der Waals surface area contributed by atoms with E-state index in [2.05, 4.69) is 4.90 Å². The molecule has 0 bridgehead atoms. The molecule has 0 N–H and O–H groups in total. The predicted molar refractivity (Wildman–Crippen MR) is 116 cm³/mol. The molecule has 0 atom stereocenters. The van der Waals surface area contributed by atoms with Crippen molar-refractivity contribution in [3.8, 4) is 0 Å². The van der Waals surface area contributed by atoms with E-state index < -0.39 is 0 Å². The third-order valence-electron chi connectivity index (χ3n) is 6.88. The number of Topliss-reactive ketones (excluding diaryl/α,β-unsaturated/α-hetero) is 1. The first-order valence-corrected chi connectivity index (χ1v) is 11.1. The van der Waals surface area contributed by atoms with Crippen molar-refractivity contribution in [3.63, 3.8) is 0 Å². The van der Waals surface area contributed by atoms with E-state index in [-0.39, 0.29) is 11.6 Å². The third-order valence-corrected chi connectivity index (χ3v) is 7.21. The van der Waals surface area contributed by atoms with Crippen molar-refractivity contribution in [2.24, 2.45) is 12.5 Å². The lowest BCUT2D eigenvalue weighted by Gasteiger charge is -2.44. The van der Waals surface area contributed by atoms with Crippen LogP contribution in [0.25, 0.3) is 0 Å². The van der Waals surface area contributed by atoms with Crippen LogP contribution in [-0.2, 0) is 7.05 Å². The summed E-state index contributed by atoms with van der Waals surface area (Å²) < 4.78 is 1.73. The van der Waals surface area contributed by atoms with Crippen LogP contribution in [0.1, 0.15) is 71.4 Å². The average molecular weight is 413 g/mol. The molecule has 1 saturated carbocycles. The number of nitrogens with zero attached hydrogens (tertiary/aromatic N) is 2. The molecule has 2 heterocycles. The summed E-state index contributed by atoms with van der Waals surface area (Å²) in [4.78, 5) is 28.0. The Bertz CT molecular complexity index is 901. The Morgan fingerprint density at radius 3 is 2.41 bits per heavy atom. The molecule has 1 aromatic carbocycles. The number of ketones is 2. The highest BCUT2D eigenvalue weighted by Crippen LogP contribution is 2.44. The molecule has 1 aliphatic heterocycles. The molecule has 1 saturated heterocycles. The van der Waals surface area contributed by atoms with E-state index in [1.165, 1.54) is 44.9 Å². The maximum Gasteiger partial charge on any atom is 0.210 e. The predicted octanol–water partition coefficient (Wildman–Crippen LogP) is 5.14. The number of benzene rings is 1. The van der Waals surface area contributed by atoms with E-state index in [1.807, 2.05) is 0 Å². The minimum atomic E-state index is -0.158. The number of hydrogen-bond donors (Lipinski definition) is 0. The third kappa shape index (κ3) is 4.34. The largest absolute Gasteiger partial charge is 0.347 e. The topological polar surface area (TPSA) is 42.3 Å². The van der Waals surface area contributed by atoms with Crippen molar-refractivity contribution < 1.29 is 9.59 Å². The minimum absolute atomic E-state index is 0.0819. The molecular formula is C24H29ClN2O2. The van der Waals surface area contributed by atoms with Gasteiger partial charge in [0.05, 0.1) is 17.3 Å². The van der Waals surface area contributed by atoms with Gasteiger partial charge in [-0.25, -0.2) is 0 Å². The molecular weight excluding hydrogens is 384 g/mol. The molecule has 0 radical (unpaired) electrons. The fraction of sp³-hybridized carbons (Fsp3) is 0.500. The molecule has 1 aromatic heterocycles. The first-order chi connectivity index (χ1) is 14.0. The van der Waals surface area contributed by atoms with Crippen LogP contribution in [0.3, 0.4) is 0 Å². The molecule has 29 heavy (non-hydrogen) atoms. The van der Waals surface area contributed by atoms with Gasteiger partial charge in [0, 0.05) is 24.4 Å². The van der Waals surface area contributed by atoms with Crippen molar-refractivity contribution in [2.75, 3.05) is 19.6 Å². The fourth-order valence-corrected chi connectivity index (χ4v) is 5.23. The van der Waals surface area contributed by atoms with Crippen LogP contribution in [-0.4, -0.2) is 40.7 Å². The number of piperidine rings is 1. The summed E-state index contributed by atoms with van der Waals surface area (Å²) in [6.45, 7) is 2.44. The van der Waals surface area contributed by atoms with Gasteiger partial charge in [-0.3, -0.25) is 14.5 Å². The Morgan fingerprint density at radius 2 is 1.72 bits per heavy atom. The number of aryl methyl sites for hydroxylation is 1. The number of carbonyl (C=O) groups is 2. The number of carbonyl (C=O) groups excluding carboxylic acids is 2. The molecule has 2 aromatic rings. The lowest BCUT2D eigenvalue weighted by atomic mass is 9.68. The zero-order valence-electron chi connectivity index (χ0n) is 17.1. The number of halogens is 1. The molecule has 2 fully saturated rings. The highest BCUT2D eigenvalue weighted by Gasteiger charge is 2.35. The van der Waals surface area contributed by atoms with Crippen LogP contribution in [0.4, 0.5) is 0 Å². The Labute approximate surface area is 177 Å². The van der Waals surface area contributed by atoms with Gasteiger partial charge in [0.1, 0.15) is 0 Å². The number of aromatic nitrogens is 1. The molecule has 4 rings (SSSR count). The van der Waals surface area contributed by atoms with Crippen molar-refractivity contribution in [2.45, 2.75) is 44.9 Å². The van der Waals surface area contributed by atoms with Gasteiger partial charge < -0.3 is 4.57 Å². The second-order valence-corrected chi connectivity index (χ2v) is 9.20. The summed E-state index contributed by atoms with van der Waals surface area (Å²) in [5.74, 6) is -0.0761. The lowest BCUT2D eigenvalue weighted by Crippen LogP contribution is -2.43. The minimum Gasteiger partial charge on any atom is -0.347 e. The quantitative estimate of drug-likeness (QED) is 0.638. The molecule has 2 aliphatic rings. The summed E-state index contributed by atoms with van der Waals surface area (Å²) in [5.41, 5.74) is 2.09. The van der Waals surface area contributed by atoms with Gasteiger partial charge in [0.2, 0.25) is 5.78 Å². The van der Waals surface area contributed by atoms with Crippen LogP contribution in [0.2, 0.25) is 5.02 Å². The van der Waals surface area contributed by atoms with Crippen LogP contribution in [0.15, 0.2) is 36.5 Å². The van der Waals surface area contributed by atoms with Gasteiger partial charge in [0.25, 0.3) is 0 Å². The standard InChI is InChI=1S/C24H29ClN2O2/c1-26-16-18(15-21(26)23(29)19-7-3-4-8-20(19)25)22(28)17-27-13-11-24(12-14-27)9-5-2-6-10-24/h3-4,7-8,15-16H,2,5-6,9-14,17H2,1H3. The Kier molecular flexibility index (Phi) is 5.93. The van der Waals surface area contributed by atoms with Crippen LogP contribution < -0.4 is 0 Å². The molecule has 5 heteroatoms. The second kappa shape index (κ2) is 8.45. The maximum absolute atomic E-state index is 12.9. The van der Waals surface area contributed by atoms with Crippen molar-refractivity contribution in [1.29, 1.82) is 0 Å². The monoisotopic (exact) mass is 412 g/mol. The van der Waals surface area contributed by atoms with E-state index in [0.29, 0.717) is 33.8 Å². The van der Waals surface area contributed by atoms with Crippen molar-refractivity contribution in [1.82, 2.24) is 9.47 Å². The zero-order valence-corrected chi connectivity index (χ0v) is 17.9. The zero-order chi connectivity index (χ0) is 20.4. The van der Waals surface area contributed by atoms with E-state index >= 15 is 0 Å². The summed E-state index contributed by atoms with van der Waals surface area (Å²) in [6.07, 6.45) is 11.0. The van der Waals surface area contributed by atoms with Crippen molar-refractivity contribution in [3.05, 3.63) is 58.4 Å². The number of rotatable bonds is 5. The van der Waals surface area contributed by atoms with E-state index in [0.717, 1.165) is 13.1 Å². The summed E-state index contributed by atoms with van der Waals surface area (Å²) in [5, 5.41) is 0.427. The van der Waals surface area contributed by atoms with Crippen molar-refractivity contribution >= 4 is 23.2 Å². The van der Waals surface area contributed by atoms with Crippen LogP contribution >= 0.6 is 11.6 Å². The Balaban J connectivity index is 1.41. The number of likely N-dealkylation sites (tertiary alicyclic amines) is 1. The first-order valence-electron chi connectivity index (χ1n) is 10.7. The van der Waals surface area contributed by atoms with Gasteiger partial charge in [-0.2, -0.15) is 0 Å². The SMILES string of the molecule is Cn1cc(C(=O)CN2CCC3(CCCCC3)CC2)cc1C(=O)c1ccccc1Cl. The molecule has 154 valence electrons. The highest BCUT2D eigenvalue weighted by molar-refractivity contribution is 6.34. The molecule has 1 spiro atoms. The number of hydrogen-bond acceptors (Lipinski definition) is 3. The molecule has 0 unspecified atom stereocenters. The van der Waals surface area contributed by atoms with Crippen LogP contribution in [0.5, 0.6) is 0 Å². The average Bonchev–Trinajstić information content (AvgIpc) is 3.12. The summed E-state index contributed by atoms with van der Waals surface area (Å²) in [6, 6.07) is 8.73. The second-order valence-electron chi connectivity index (χ2n) is 8.79. The van der Waals surface area contributed by atoms with E-state index in [4.69, 9.17) is 11.6 Å². The molecule has 0 amide bonds.